The Labute approximate surface area is 150 Å². The maximum Gasteiger partial charge on any atom is 0.322 e. The number of hydrogen-bond acceptors (Lipinski definition) is 6. The summed E-state index contributed by atoms with van der Waals surface area (Å²) in [6.45, 7) is 0. The number of nitro groups is 1. The van der Waals surface area contributed by atoms with E-state index in [1.807, 2.05) is 0 Å². The van der Waals surface area contributed by atoms with Gasteiger partial charge in [0.1, 0.15) is 0 Å². The first kappa shape index (κ1) is 16.9. The van der Waals surface area contributed by atoms with Crippen molar-refractivity contribution in [1.29, 1.82) is 0 Å². The lowest BCUT2D eigenvalue weighted by molar-refractivity contribution is -0.384. The number of halogens is 2. The van der Waals surface area contributed by atoms with Crippen molar-refractivity contribution < 1.29 is 14.1 Å². The van der Waals surface area contributed by atoms with Crippen LogP contribution in [0.25, 0.3) is 11.5 Å². The Bertz CT molecular complexity index is 953. The van der Waals surface area contributed by atoms with Crippen LogP contribution in [0.15, 0.2) is 46.9 Å². The number of carbonyl (C=O) groups excluding carboxylic acids is 1. The van der Waals surface area contributed by atoms with E-state index in [4.69, 9.17) is 27.6 Å². The second kappa shape index (κ2) is 6.88. The van der Waals surface area contributed by atoms with Gasteiger partial charge in [0.15, 0.2) is 0 Å². The van der Waals surface area contributed by atoms with Crippen LogP contribution < -0.4 is 5.32 Å². The van der Waals surface area contributed by atoms with Crippen molar-refractivity contribution in [3.8, 4) is 11.5 Å². The Morgan fingerprint density at radius 1 is 1.12 bits per heavy atom. The van der Waals surface area contributed by atoms with Crippen LogP contribution in [0.1, 0.15) is 10.4 Å². The monoisotopic (exact) mass is 378 g/mol. The van der Waals surface area contributed by atoms with Crippen molar-refractivity contribution in [2.24, 2.45) is 0 Å². The summed E-state index contributed by atoms with van der Waals surface area (Å²) < 4.78 is 5.34. The van der Waals surface area contributed by atoms with Gasteiger partial charge >= 0.3 is 6.01 Å². The van der Waals surface area contributed by atoms with Crippen molar-refractivity contribution in [2.75, 3.05) is 5.32 Å². The van der Waals surface area contributed by atoms with Gasteiger partial charge in [-0.2, -0.15) is 0 Å². The van der Waals surface area contributed by atoms with Crippen LogP contribution >= 0.6 is 23.2 Å². The molecular weight excluding hydrogens is 371 g/mol. The molecule has 0 saturated carbocycles. The molecule has 0 aliphatic heterocycles. The van der Waals surface area contributed by atoms with E-state index < -0.39 is 10.8 Å². The molecule has 0 saturated heterocycles. The van der Waals surface area contributed by atoms with E-state index in [2.05, 4.69) is 15.5 Å². The third-order valence-corrected chi connectivity index (χ3v) is 3.51. The molecule has 3 aromatic rings. The van der Waals surface area contributed by atoms with Gasteiger partial charge in [-0.3, -0.25) is 20.2 Å². The van der Waals surface area contributed by atoms with Crippen molar-refractivity contribution in [3.05, 3.63) is 68.2 Å². The predicted molar refractivity (Wildman–Crippen MR) is 90.8 cm³/mol. The van der Waals surface area contributed by atoms with E-state index in [1.54, 1.807) is 18.2 Å². The highest BCUT2D eigenvalue weighted by atomic mass is 35.5. The van der Waals surface area contributed by atoms with Crippen LogP contribution in [0.3, 0.4) is 0 Å². The molecule has 0 radical (unpaired) electrons. The number of nitrogens with one attached hydrogen (secondary N) is 1. The van der Waals surface area contributed by atoms with Crippen LogP contribution in [0.2, 0.25) is 10.0 Å². The number of amides is 1. The number of nitrogens with zero attached hydrogens (tertiary/aromatic N) is 3. The zero-order valence-corrected chi connectivity index (χ0v) is 13.8. The third-order valence-electron chi connectivity index (χ3n) is 3.07. The maximum absolute atomic E-state index is 12.1. The van der Waals surface area contributed by atoms with Crippen LogP contribution in [-0.2, 0) is 0 Å². The minimum absolute atomic E-state index is 0.0831. The lowest BCUT2D eigenvalue weighted by Crippen LogP contribution is -2.12. The molecule has 1 N–H and O–H groups in total. The third kappa shape index (κ3) is 3.93. The molecule has 0 aliphatic rings. The van der Waals surface area contributed by atoms with Gasteiger partial charge in [-0.15, -0.1) is 5.10 Å². The second-order valence-corrected chi connectivity index (χ2v) is 5.70. The van der Waals surface area contributed by atoms with Crippen LogP contribution in [0.5, 0.6) is 0 Å². The molecule has 0 bridgehead atoms. The summed E-state index contributed by atoms with van der Waals surface area (Å²) in [6, 6.07) is 9.79. The van der Waals surface area contributed by atoms with Crippen LogP contribution in [0.4, 0.5) is 11.7 Å². The van der Waals surface area contributed by atoms with Crippen molar-refractivity contribution in [2.45, 2.75) is 0 Å². The molecule has 8 nitrogen and oxygen atoms in total. The molecule has 25 heavy (non-hydrogen) atoms. The molecule has 1 amide bonds. The molecule has 3 rings (SSSR count). The second-order valence-electron chi connectivity index (χ2n) is 4.83. The highest BCUT2D eigenvalue weighted by Crippen LogP contribution is 2.27. The molecule has 2 aromatic carbocycles. The van der Waals surface area contributed by atoms with Gasteiger partial charge in [-0.25, -0.2) is 0 Å². The van der Waals surface area contributed by atoms with E-state index in [0.717, 1.165) is 6.07 Å². The van der Waals surface area contributed by atoms with E-state index >= 15 is 0 Å². The Kier molecular flexibility index (Phi) is 4.64. The minimum atomic E-state index is -0.622. The number of carbonyl (C=O) groups is 1. The fourth-order valence-electron chi connectivity index (χ4n) is 2.00. The summed E-state index contributed by atoms with van der Waals surface area (Å²) in [6.07, 6.45) is 0. The summed E-state index contributed by atoms with van der Waals surface area (Å²) in [5.74, 6) is -0.512. The quantitative estimate of drug-likeness (QED) is 0.537. The summed E-state index contributed by atoms with van der Waals surface area (Å²) in [7, 11) is 0. The molecular formula is C15H8Cl2N4O4. The summed E-state index contributed by atoms with van der Waals surface area (Å²) in [5.41, 5.74) is 0.369. The molecule has 0 unspecified atom stereocenters. The summed E-state index contributed by atoms with van der Waals surface area (Å²) >= 11 is 11.8. The Balaban J connectivity index is 1.80. The van der Waals surface area contributed by atoms with Crippen LogP contribution in [-0.4, -0.2) is 21.0 Å². The smallest absolute Gasteiger partial charge is 0.322 e. The first-order valence-electron chi connectivity index (χ1n) is 6.78. The normalized spacial score (nSPS) is 10.5. The van der Waals surface area contributed by atoms with Gasteiger partial charge in [0.25, 0.3) is 11.6 Å². The molecule has 0 atom stereocenters. The van der Waals surface area contributed by atoms with E-state index in [-0.39, 0.29) is 23.2 Å². The van der Waals surface area contributed by atoms with Gasteiger partial charge < -0.3 is 4.42 Å². The fraction of sp³-hybridized carbons (Fsp3) is 0. The molecule has 10 heteroatoms. The van der Waals surface area contributed by atoms with Crippen LogP contribution in [0, 0.1) is 10.1 Å². The SMILES string of the molecule is O=C(Nc1nnc(-c2cc(Cl)cc(Cl)c2)o1)c1cccc([N+](=O)[O-])c1. The zero-order chi connectivity index (χ0) is 18.0. The van der Waals surface area contributed by atoms with Gasteiger partial charge in [-0.05, 0) is 24.3 Å². The average molecular weight is 379 g/mol. The average Bonchev–Trinajstić information content (AvgIpc) is 3.02. The van der Waals surface area contributed by atoms with Gasteiger partial charge in [-0.1, -0.05) is 34.4 Å². The number of hydrogen-bond donors (Lipinski definition) is 1. The van der Waals surface area contributed by atoms with Gasteiger partial charge in [0.05, 0.1) is 4.92 Å². The lowest BCUT2D eigenvalue weighted by atomic mass is 10.2. The number of non-ortho nitro benzene ring substituents is 1. The minimum Gasteiger partial charge on any atom is -0.403 e. The topological polar surface area (TPSA) is 111 Å². The largest absolute Gasteiger partial charge is 0.403 e. The molecule has 0 fully saturated rings. The maximum atomic E-state index is 12.1. The van der Waals surface area contributed by atoms with E-state index in [1.165, 1.54) is 18.2 Å². The first-order valence-corrected chi connectivity index (χ1v) is 7.54. The number of rotatable bonds is 4. The van der Waals surface area contributed by atoms with Crippen molar-refractivity contribution >= 4 is 40.8 Å². The number of benzene rings is 2. The molecule has 126 valence electrons. The van der Waals surface area contributed by atoms with Gasteiger partial charge in [0.2, 0.25) is 5.89 Å². The number of anilines is 1. The fourth-order valence-corrected chi connectivity index (χ4v) is 2.52. The predicted octanol–water partition coefficient (Wildman–Crippen LogP) is 4.20. The number of nitro benzene ring substituents is 1. The number of aromatic nitrogens is 2. The molecule has 0 aliphatic carbocycles. The molecule has 1 aromatic heterocycles. The highest BCUT2D eigenvalue weighted by molar-refractivity contribution is 6.35. The Morgan fingerprint density at radius 2 is 1.84 bits per heavy atom. The Hall–Kier alpha value is -2.97. The van der Waals surface area contributed by atoms with Gasteiger partial charge in [0, 0.05) is 33.3 Å². The zero-order valence-electron chi connectivity index (χ0n) is 12.3. The molecule has 0 spiro atoms. The highest BCUT2D eigenvalue weighted by Gasteiger charge is 2.15. The van der Waals surface area contributed by atoms with Crippen molar-refractivity contribution in [1.82, 2.24) is 10.2 Å². The van der Waals surface area contributed by atoms with E-state index in [0.29, 0.717) is 15.6 Å². The first-order chi connectivity index (χ1) is 11.9. The van der Waals surface area contributed by atoms with Crippen molar-refractivity contribution in [3.63, 3.8) is 0 Å². The summed E-state index contributed by atoms with van der Waals surface area (Å²) in [5, 5.41) is 21.4. The Morgan fingerprint density at radius 3 is 2.52 bits per heavy atom. The summed E-state index contributed by atoms with van der Waals surface area (Å²) in [4.78, 5) is 22.3. The standard InChI is InChI=1S/C15H8Cl2N4O4/c16-10-4-9(5-11(17)7-10)14-19-20-15(25-14)18-13(22)8-2-1-3-12(6-8)21(23)24/h1-7H,(H,18,20,22). The molecule has 1 heterocycles. The lowest BCUT2D eigenvalue weighted by Gasteiger charge is -2.00. The van der Waals surface area contributed by atoms with E-state index in [9.17, 15) is 14.9 Å².